The van der Waals surface area contributed by atoms with Gasteiger partial charge in [-0.1, -0.05) is 66.2 Å². The fraction of sp³-hybridized carbons (Fsp3) is 0.786. The third-order valence-corrected chi connectivity index (χ3v) is 15.4. The maximum absolute atomic E-state index is 11.5. The maximum atomic E-state index is 11.5. The zero-order valence-electron chi connectivity index (χ0n) is 31.0. The number of fused-ring (bicyclic) bond motifs is 7. The summed E-state index contributed by atoms with van der Waals surface area (Å²) >= 11 is 0. The van der Waals surface area contributed by atoms with Gasteiger partial charge in [-0.2, -0.15) is 5.06 Å². The molecule has 266 valence electrons. The van der Waals surface area contributed by atoms with Gasteiger partial charge in [0, 0.05) is 44.8 Å². The number of carboxylic acid groups (broad SMARTS) is 1. The third-order valence-electron chi connectivity index (χ3n) is 15.4. The topological polar surface area (TPSA) is 65.0 Å². The molecule has 7 rings (SSSR count). The molecule has 0 amide bonds. The average molecular weight is 660 g/mol. The summed E-state index contributed by atoms with van der Waals surface area (Å²) < 4.78 is 0. The normalized spacial score (nSPS) is 39.6. The predicted octanol–water partition coefficient (Wildman–Crippen LogP) is 8.39. The highest BCUT2D eigenvalue weighted by Crippen LogP contribution is 2.72. The average Bonchev–Trinajstić information content (AvgIpc) is 3.48. The number of benzene rings is 1. The van der Waals surface area contributed by atoms with Crippen LogP contribution in [0.1, 0.15) is 122 Å². The first kappa shape index (κ1) is 34.7. The Hall–Kier alpha value is -1.73. The van der Waals surface area contributed by atoms with Crippen molar-refractivity contribution in [2.45, 2.75) is 111 Å². The molecule has 1 saturated heterocycles. The quantitative estimate of drug-likeness (QED) is 0.278. The number of piperazine rings is 1. The highest BCUT2D eigenvalue weighted by molar-refractivity contribution is 5.88. The van der Waals surface area contributed by atoms with Gasteiger partial charge in [-0.05, 0) is 133 Å². The standard InChI is InChI=1S/C42H65N3O3/c1-29(2)28-48-45-26-24-44(25-27-45)23-22-43-42-18-7-8-35(42)32-13-14-37-40(5,34(32)16-21-42)20-17-36-39(3,4)33(15-19-41(36,37)6)30-9-11-31(12-10-30)38(46)47/h9-12,15,29,32,34-37,43H,7-8,13-14,16-28H2,1-6H3,(H,46,47)/t32-,34?,35?,36?,37?,40-,41-,42-/m0/s1. The van der Waals surface area contributed by atoms with Crippen molar-refractivity contribution in [2.24, 2.45) is 51.8 Å². The first-order valence-electron chi connectivity index (χ1n) is 19.8. The fourth-order valence-electron chi connectivity index (χ4n) is 13.2. The Morgan fingerprint density at radius 1 is 0.896 bits per heavy atom. The molecule has 1 aliphatic heterocycles. The number of allylic oxidation sites excluding steroid dienone is 2. The molecule has 0 bridgehead atoms. The van der Waals surface area contributed by atoms with Gasteiger partial charge >= 0.3 is 5.97 Å². The Kier molecular flexibility index (Phi) is 9.48. The number of nitrogens with zero attached hydrogens (tertiary/aromatic N) is 2. The van der Waals surface area contributed by atoms with Crippen molar-refractivity contribution < 1.29 is 14.7 Å². The zero-order chi connectivity index (χ0) is 33.9. The number of carboxylic acids is 1. The summed E-state index contributed by atoms with van der Waals surface area (Å²) in [7, 11) is 0. The molecular formula is C42H65N3O3. The number of carbonyl (C=O) groups is 1. The number of nitrogens with one attached hydrogen (secondary N) is 1. The van der Waals surface area contributed by atoms with Crippen LogP contribution in [0, 0.1) is 51.8 Å². The van der Waals surface area contributed by atoms with E-state index in [1.54, 1.807) is 12.1 Å². The van der Waals surface area contributed by atoms with Gasteiger partial charge in [-0.25, -0.2) is 4.79 Å². The van der Waals surface area contributed by atoms with Crippen LogP contribution in [0.2, 0.25) is 0 Å². The van der Waals surface area contributed by atoms with E-state index in [9.17, 15) is 9.90 Å². The Bertz CT molecular complexity index is 1350. The lowest BCUT2D eigenvalue weighted by Crippen LogP contribution is -2.63. The van der Waals surface area contributed by atoms with E-state index < -0.39 is 5.97 Å². The molecule has 2 N–H and O–H groups in total. The summed E-state index contributed by atoms with van der Waals surface area (Å²) in [6.07, 6.45) is 16.2. The van der Waals surface area contributed by atoms with Crippen molar-refractivity contribution in [1.29, 1.82) is 0 Å². The Balaban J connectivity index is 1.01. The number of hydroxylamine groups is 2. The molecule has 1 heterocycles. The van der Waals surface area contributed by atoms with Crippen LogP contribution in [-0.4, -0.2) is 72.5 Å². The SMILES string of the molecule is CC(C)CON1CCN(CCN[C@]23CCCC2[C@H]2CCC4[C@@](C)(CCC5C(C)(C)C(c6ccc(C(=O)O)cc6)=CC[C@@]54C)C2CC3)CC1. The predicted molar refractivity (Wildman–Crippen MR) is 195 cm³/mol. The van der Waals surface area contributed by atoms with Crippen LogP contribution in [0.15, 0.2) is 30.3 Å². The van der Waals surface area contributed by atoms with Crippen LogP contribution in [0.4, 0.5) is 0 Å². The summed E-state index contributed by atoms with van der Waals surface area (Å²) in [5.74, 6) is 3.76. The lowest BCUT2D eigenvalue weighted by molar-refractivity contribution is -0.183. The van der Waals surface area contributed by atoms with E-state index in [-0.39, 0.29) is 5.41 Å². The van der Waals surface area contributed by atoms with Crippen LogP contribution < -0.4 is 5.32 Å². The van der Waals surface area contributed by atoms with Crippen LogP contribution in [-0.2, 0) is 4.84 Å². The van der Waals surface area contributed by atoms with E-state index in [1.807, 2.05) is 12.1 Å². The van der Waals surface area contributed by atoms with Gasteiger partial charge in [0.05, 0.1) is 12.2 Å². The van der Waals surface area contributed by atoms with Gasteiger partial charge in [0.1, 0.15) is 0 Å². The molecule has 8 atom stereocenters. The Labute approximate surface area is 291 Å². The van der Waals surface area contributed by atoms with Crippen molar-refractivity contribution >= 4 is 11.5 Å². The number of hydrogen-bond donors (Lipinski definition) is 2. The van der Waals surface area contributed by atoms with Crippen LogP contribution >= 0.6 is 0 Å². The van der Waals surface area contributed by atoms with Gasteiger partial charge in [0.2, 0.25) is 0 Å². The van der Waals surface area contributed by atoms with E-state index in [1.165, 1.54) is 68.9 Å². The summed E-state index contributed by atoms with van der Waals surface area (Å²) in [5.41, 5.74) is 4.20. The molecule has 1 aromatic rings. The van der Waals surface area contributed by atoms with E-state index in [2.05, 4.69) is 62.9 Å². The van der Waals surface area contributed by atoms with Gasteiger partial charge < -0.3 is 10.4 Å². The second kappa shape index (κ2) is 13.1. The van der Waals surface area contributed by atoms with Crippen LogP contribution in [0.25, 0.3) is 5.57 Å². The maximum Gasteiger partial charge on any atom is 0.335 e. The molecule has 6 aliphatic rings. The molecule has 4 saturated carbocycles. The summed E-state index contributed by atoms with van der Waals surface area (Å²) in [6, 6.07) is 7.67. The van der Waals surface area contributed by atoms with Gasteiger partial charge in [0.15, 0.2) is 0 Å². The van der Waals surface area contributed by atoms with Gasteiger partial charge in [0.25, 0.3) is 0 Å². The molecular weight excluding hydrogens is 594 g/mol. The summed E-state index contributed by atoms with van der Waals surface area (Å²) in [6.45, 7) is 22.2. The summed E-state index contributed by atoms with van der Waals surface area (Å²) in [4.78, 5) is 20.2. The first-order valence-corrected chi connectivity index (χ1v) is 19.8. The molecule has 1 aromatic carbocycles. The van der Waals surface area contributed by atoms with E-state index in [0.29, 0.717) is 33.8 Å². The van der Waals surface area contributed by atoms with Crippen LogP contribution in [0.3, 0.4) is 0 Å². The molecule has 6 heteroatoms. The van der Waals surface area contributed by atoms with Crippen molar-refractivity contribution in [1.82, 2.24) is 15.3 Å². The lowest BCUT2D eigenvalue weighted by atomic mass is 9.37. The number of rotatable bonds is 9. The summed E-state index contributed by atoms with van der Waals surface area (Å²) in [5, 5.41) is 15.9. The van der Waals surface area contributed by atoms with Crippen molar-refractivity contribution in [3.05, 3.63) is 41.5 Å². The van der Waals surface area contributed by atoms with E-state index in [0.717, 1.165) is 76.0 Å². The van der Waals surface area contributed by atoms with Gasteiger partial charge in [-0.3, -0.25) is 9.74 Å². The van der Waals surface area contributed by atoms with Crippen LogP contribution in [0.5, 0.6) is 0 Å². The zero-order valence-corrected chi connectivity index (χ0v) is 31.0. The fourth-order valence-corrected chi connectivity index (χ4v) is 13.2. The molecule has 0 spiro atoms. The number of hydrogen-bond acceptors (Lipinski definition) is 5. The minimum Gasteiger partial charge on any atom is -0.478 e. The largest absolute Gasteiger partial charge is 0.478 e. The minimum absolute atomic E-state index is 0.0702. The Morgan fingerprint density at radius 3 is 2.35 bits per heavy atom. The van der Waals surface area contributed by atoms with Crippen molar-refractivity contribution in [3.8, 4) is 0 Å². The highest BCUT2D eigenvalue weighted by atomic mass is 16.7. The highest BCUT2D eigenvalue weighted by Gasteiger charge is 2.65. The molecule has 0 aromatic heterocycles. The third kappa shape index (κ3) is 5.93. The lowest BCUT2D eigenvalue weighted by Gasteiger charge is -2.68. The Morgan fingerprint density at radius 2 is 1.65 bits per heavy atom. The molecule has 48 heavy (non-hydrogen) atoms. The minimum atomic E-state index is -0.848. The van der Waals surface area contributed by atoms with E-state index in [4.69, 9.17) is 4.84 Å². The molecule has 0 radical (unpaired) electrons. The molecule has 6 nitrogen and oxygen atoms in total. The number of aromatic carboxylic acids is 1. The van der Waals surface area contributed by atoms with E-state index >= 15 is 0 Å². The monoisotopic (exact) mass is 660 g/mol. The second-order valence-corrected chi connectivity index (χ2v) is 18.5. The smallest absolute Gasteiger partial charge is 0.335 e. The molecule has 5 aliphatic carbocycles. The van der Waals surface area contributed by atoms with Crippen molar-refractivity contribution in [2.75, 3.05) is 45.9 Å². The molecule has 4 unspecified atom stereocenters. The first-order chi connectivity index (χ1) is 22.9. The van der Waals surface area contributed by atoms with Gasteiger partial charge in [-0.15, -0.1) is 0 Å². The van der Waals surface area contributed by atoms with Crippen molar-refractivity contribution in [3.63, 3.8) is 0 Å². The molecule has 5 fully saturated rings. The second-order valence-electron chi connectivity index (χ2n) is 18.5.